The minimum Gasteiger partial charge on any atom is -0.424 e. The summed E-state index contributed by atoms with van der Waals surface area (Å²) in [5, 5.41) is 0. The zero-order chi connectivity index (χ0) is 7.40. The highest BCUT2D eigenvalue weighted by Gasteiger charge is 2.02. The molecule has 1 aromatic carbocycles. The van der Waals surface area contributed by atoms with Gasteiger partial charge < -0.3 is 9.42 Å². The number of hydrogen-bond donors (Lipinski definition) is 1. The molecule has 1 unspecified atom stereocenters. The van der Waals surface area contributed by atoms with Crippen molar-refractivity contribution in [3.05, 3.63) is 30.3 Å². The molecule has 1 N–H and O–H groups in total. The Morgan fingerprint density at radius 3 is 2.40 bits per heavy atom. The van der Waals surface area contributed by atoms with E-state index in [2.05, 4.69) is 4.52 Å². The zero-order valence-corrected chi connectivity index (χ0v) is 5.96. The van der Waals surface area contributed by atoms with Crippen LogP contribution in [0.25, 0.3) is 0 Å². The standard InChI is InChI=1S/C6H6FO2P/c7-10(8)9-6-4-2-1-3-5-6/h1-5,8H. The molecule has 1 aromatic rings. The van der Waals surface area contributed by atoms with Crippen molar-refractivity contribution in [3.8, 4) is 5.75 Å². The van der Waals surface area contributed by atoms with Crippen LogP contribution in [0.3, 0.4) is 0 Å². The number of halogens is 1. The molecular weight excluding hydrogens is 154 g/mol. The van der Waals surface area contributed by atoms with E-state index in [0.717, 1.165) is 0 Å². The van der Waals surface area contributed by atoms with Gasteiger partial charge in [0.15, 0.2) is 0 Å². The summed E-state index contributed by atoms with van der Waals surface area (Å²) in [4.78, 5) is 8.18. The van der Waals surface area contributed by atoms with Gasteiger partial charge >= 0.3 is 8.69 Å². The van der Waals surface area contributed by atoms with E-state index in [-0.39, 0.29) is 0 Å². The summed E-state index contributed by atoms with van der Waals surface area (Å²) in [5.41, 5.74) is 0. The summed E-state index contributed by atoms with van der Waals surface area (Å²) in [6.45, 7) is 0. The van der Waals surface area contributed by atoms with E-state index in [4.69, 9.17) is 4.89 Å². The monoisotopic (exact) mass is 160 g/mol. The maximum atomic E-state index is 11.8. The lowest BCUT2D eigenvalue weighted by molar-refractivity contribution is 0.434. The van der Waals surface area contributed by atoms with Crippen LogP contribution in [0.15, 0.2) is 30.3 Å². The second-order valence-corrected chi connectivity index (χ2v) is 2.27. The van der Waals surface area contributed by atoms with Gasteiger partial charge in [0.05, 0.1) is 0 Å². The summed E-state index contributed by atoms with van der Waals surface area (Å²) in [7, 11) is -2.78. The average Bonchev–Trinajstić information content (AvgIpc) is 1.88. The van der Waals surface area contributed by atoms with Crippen LogP contribution < -0.4 is 4.52 Å². The van der Waals surface area contributed by atoms with E-state index in [0.29, 0.717) is 5.75 Å². The average molecular weight is 160 g/mol. The summed E-state index contributed by atoms with van der Waals surface area (Å²) in [6.07, 6.45) is 0. The van der Waals surface area contributed by atoms with Crippen LogP contribution in [0.4, 0.5) is 4.20 Å². The fourth-order valence-corrected chi connectivity index (χ4v) is 0.864. The molecule has 0 saturated heterocycles. The van der Waals surface area contributed by atoms with E-state index in [1.54, 1.807) is 30.3 Å². The van der Waals surface area contributed by atoms with Gasteiger partial charge in [-0.25, -0.2) is 0 Å². The molecule has 0 amide bonds. The first-order chi connectivity index (χ1) is 4.79. The molecule has 0 aliphatic heterocycles. The number of rotatable bonds is 2. The van der Waals surface area contributed by atoms with Gasteiger partial charge in [0.25, 0.3) is 0 Å². The van der Waals surface area contributed by atoms with E-state index in [1.165, 1.54) is 0 Å². The van der Waals surface area contributed by atoms with Crippen LogP contribution in [0.2, 0.25) is 0 Å². The maximum Gasteiger partial charge on any atom is 0.436 e. The highest BCUT2D eigenvalue weighted by Crippen LogP contribution is 2.33. The van der Waals surface area contributed by atoms with Gasteiger partial charge in [0.1, 0.15) is 5.75 Å². The third kappa shape index (κ3) is 2.29. The number of hydrogen-bond acceptors (Lipinski definition) is 2. The third-order valence-corrected chi connectivity index (χ3v) is 1.29. The fourth-order valence-electron chi connectivity index (χ4n) is 0.568. The fraction of sp³-hybridized carbons (Fsp3) is 0. The van der Waals surface area contributed by atoms with E-state index < -0.39 is 8.69 Å². The third-order valence-electron chi connectivity index (χ3n) is 0.924. The van der Waals surface area contributed by atoms with Crippen molar-refractivity contribution >= 4 is 8.69 Å². The number of benzene rings is 1. The van der Waals surface area contributed by atoms with Gasteiger partial charge in [-0.1, -0.05) is 18.2 Å². The minimum absolute atomic E-state index is 0.346. The topological polar surface area (TPSA) is 29.5 Å². The lowest BCUT2D eigenvalue weighted by atomic mass is 10.3. The van der Waals surface area contributed by atoms with Crippen LogP contribution in [0.5, 0.6) is 5.75 Å². The Hall–Kier alpha value is -0.660. The molecule has 0 aliphatic carbocycles. The Morgan fingerprint density at radius 1 is 1.30 bits per heavy atom. The smallest absolute Gasteiger partial charge is 0.424 e. The Labute approximate surface area is 59.3 Å². The maximum absolute atomic E-state index is 11.8. The Bertz CT molecular complexity index is 190. The van der Waals surface area contributed by atoms with Crippen LogP contribution in [-0.2, 0) is 0 Å². The van der Waals surface area contributed by atoms with Gasteiger partial charge in [-0.3, -0.25) is 0 Å². The van der Waals surface area contributed by atoms with Crippen molar-refractivity contribution in [2.24, 2.45) is 0 Å². The molecular formula is C6H6FO2P. The van der Waals surface area contributed by atoms with Crippen molar-refractivity contribution in [2.45, 2.75) is 0 Å². The largest absolute Gasteiger partial charge is 0.436 e. The second kappa shape index (κ2) is 3.49. The van der Waals surface area contributed by atoms with Crippen molar-refractivity contribution < 1.29 is 13.6 Å². The molecule has 0 spiro atoms. The molecule has 0 aromatic heterocycles. The Kier molecular flexibility index (Phi) is 2.60. The summed E-state index contributed by atoms with van der Waals surface area (Å²) >= 11 is 0. The first-order valence-electron chi connectivity index (χ1n) is 2.67. The van der Waals surface area contributed by atoms with Crippen LogP contribution in [0.1, 0.15) is 0 Å². The van der Waals surface area contributed by atoms with Gasteiger partial charge in [-0.15, -0.1) is 4.20 Å². The summed E-state index contributed by atoms with van der Waals surface area (Å²) < 4.78 is 16.2. The molecule has 0 saturated carbocycles. The van der Waals surface area contributed by atoms with E-state index in [9.17, 15) is 4.20 Å². The van der Waals surface area contributed by atoms with Crippen molar-refractivity contribution in [1.82, 2.24) is 0 Å². The molecule has 10 heavy (non-hydrogen) atoms. The Morgan fingerprint density at radius 2 is 1.90 bits per heavy atom. The zero-order valence-electron chi connectivity index (χ0n) is 5.07. The van der Waals surface area contributed by atoms with Gasteiger partial charge in [0, 0.05) is 0 Å². The molecule has 0 radical (unpaired) electrons. The molecule has 0 fully saturated rings. The second-order valence-electron chi connectivity index (χ2n) is 1.63. The van der Waals surface area contributed by atoms with Crippen LogP contribution in [-0.4, -0.2) is 4.89 Å². The van der Waals surface area contributed by atoms with Crippen molar-refractivity contribution in [1.29, 1.82) is 0 Å². The van der Waals surface area contributed by atoms with E-state index >= 15 is 0 Å². The highest BCUT2D eigenvalue weighted by molar-refractivity contribution is 7.40. The number of para-hydroxylation sites is 1. The molecule has 2 nitrogen and oxygen atoms in total. The molecule has 54 valence electrons. The van der Waals surface area contributed by atoms with Gasteiger partial charge in [-0.2, -0.15) is 0 Å². The van der Waals surface area contributed by atoms with Crippen molar-refractivity contribution in [3.63, 3.8) is 0 Å². The molecule has 0 aliphatic rings. The highest BCUT2D eigenvalue weighted by atomic mass is 31.2. The molecule has 0 heterocycles. The first kappa shape index (κ1) is 7.45. The molecule has 1 rings (SSSR count). The normalized spacial score (nSPS) is 12.6. The lowest BCUT2D eigenvalue weighted by Gasteiger charge is -2.00. The predicted octanol–water partition coefficient (Wildman–Crippen LogP) is 2.25. The lowest BCUT2D eigenvalue weighted by Crippen LogP contribution is -1.79. The van der Waals surface area contributed by atoms with Crippen molar-refractivity contribution in [2.75, 3.05) is 0 Å². The van der Waals surface area contributed by atoms with Gasteiger partial charge in [-0.05, 0) is 12.1 Å². The molecule has 4 heteroatoms. The van der Waals surface area contributed by atoms with E-state index in [1.807, 2.05) is 0 Å². The quantitative estimate of drug-likeness (QED) is 0.672. The van der Waals surface area contributed by atoms with Gasteiger partial charge in [0.2, 0.25) is 0 Å². The summed E-state index contributed by atoms with van der Waals surface area (Å²) in [5.74, 6) is 0.346. The van der Waals surface area contributed by atoms with Crippen LogP contribution >= 0.6 is 8.69 Å². The Balaban J connectivity index is 2.59. The SMILES string of the molecule is OP(F)Oc1ccccc1. The predicted molar refractivity (Wildman–Crippen MR) is 37.3 cm³/mol. The summed E-state index contributed by atoms with van der Waals surface area (Å²) in [6, 6.07) is 8.34. The minimum atomic E-state index is -2.78. The molecule has 1 atom stereocenters. The van der Waals surface area contributed by atoms with Crippen LogP contribution in [0, 0.1) is 0 Å². The first-order valence-corrected chi connectivity index (χ1v) is 3.77. The molecule has 0 bridgehead atoms.